The average molecular weight is 627 g/mol. The maximum absolute atomic E-state index is 13.5. The van der Waals surface area contributed by atoms with Crippen LogP contribution in [-0.4, -0.2) is 92.3 Å². The Morgan fingerprint density at radius 3 is 2.67 bits per heavy atom. The van der Waals surface area contributed by atoms with Crippen molar-refractivity contribution in [3.8, 4) is 11.3 Å². The lowest BCUT2D eigenvalue weighted by Gasteiger charge is -2.33. The molecule has 0 bridgehead atoms. The highest BCUT2D eigenvalue weighted by atomic mass is 35.5. The highest BCUT2D eigenvalue weighted by Crippen LogP contribution is 2.32. The number of amides is 2. The van der Waals surface area contributed by atoms with Gasteiger partial charge < -0.3 is 25.3 Å². The van der Waals surface area contributed by atoms with Gasteiger partial charge in [0.1, 0.15) is 23.5 Å². The molecule has 0 spiro atoms. The summed E-state index contributed by atoms with van der Waals surface area (Å²) in [5, 5.41) is 6.40. The lowest BCUT2D eigenvalue weighted by atomic mass is 10.0. The van der Waals surface area contributed by atoms with Crippen LogP contribution < -0.4 is 15.5 Å². The first kappa shape index (κ1) is 30.4. The minimum atomic E-state index is -0.646. The number of rotatable bonds is 9. The van der Waals surface area contributed by atoms with E-state index < -0.39 is 6.04 Å². The minimum Gasteiger partial charge on any atom is -0.354 e. The number of nitrogens with one attached hydrogen (secondary N) is 2. The van der Waals surface area contributed by atoms with Crippen molar-refractivity contribution < 1.29 is 9.59 Å². The predicted molar refractivity (Wildman–Crippen MR) is 173 cm³/mol. The van der Waals surface area contributed by atoms with E-state index in [0.717, 1.165) is 43.3 Å². The number of piperazine rings is 1. The van der Waals surface area contributed by atoms with E-state index in [-0.39, 0.29) is 11.8 Å². The van der Waals surface area contributed by atoms with E-state index >= 15 is 0 Å². The molecule has 0 radical (unpaired) electrons. The molecule has 1 aromatic carbocycles. The summed E-state index contributed by atoms with van der Waals surface area (Å²) < 4.78 is 0. The Labute approximate surface area is 266 Å². The number of anilines is 3. The van der Waals surface area contributed by atoms with Gasteiger partial charge in [-0.3, -0.25) is 9.59 Å². The molecule has 45 heavy (non-hydrogen) atoms. The maximum Gasteiger partial charge on any atom is 0.255 e. The summed E-state index contributed by atoms with van der Waals surface area (Å²) in [6.07, 6.45) is 3.75. The fraction of sp³-hybridized carbons (Fsp3) is 0.344. The minimum absolute atomic E-state index is 0.207. The van der Waals surface area contributed by atoms with E-state index in [0.29, 0.717) is 58.9 Å². The third-order valence-electron chi connectivity index (χ3n) is 8.12. The van der Waals surface area contributed by atoms with Crippen molar-refractivity contribution in [1.82, 2.24) is 40.0 Å². The van der Waals surface area contributed by atoms with Gasteiger partial charge in [0.25, 0.3) is 5.91 Å². The molecule has 2 N–H and O–H groups in total. The summed E-state index contributed by atoms with van der Waals surface area (Å²) in [4.78, 5) is 54.9. The zero-order chi connectivity index (χ0) is 31.5. The number of carbonyl (C=O) groups is 2. The van der Waals surface area contributed by atoms with Gasteiger partial charge in [-0.2, -0.15) is 0 Å². The van der Waals surface area contributed by atoms with Crippen molar-refractivity contribution in [3.63, 3.8) is 0 Å². The second kappa shape index (κ2) is 13.1. The molecule has 1 saturated heterocycles. The molecule has 232 valence electrons. The molecule has 2 aliphatic heterocycles. The van der Waals surface area contributed by atoms with Gasteiger partial charge in [0.2, 0.25) is 11.9 Å². The lowest BCUT2D eigenvalue weighted by molar-refractivity contribution is -0.125. The zero-order valence-corrected chi connectivity index (χ0v) is 26.3. The van der Waals surface area contributed by atoms with Crippen LogP contribution in [0.4, 0.5) is 17.6 Å². The molecule has 1 atom stereocenters. The molecule has 5 heterocycles. The number of pyridine rings is 1. The standard InChI is InChI=1S/C32H35ClN10O2/c1-20(30(44)35-11-9-24-5-4-6-28(38-24)42-15-13-41(3)14-16-42)43-19-23-8-7-22(17-25(23)31(43)45)29-26(33)18-36-32(40-29)39-27-10-12-34-21(2)37-27/h4-8,10,12,17-18,20H,9,11,13-16,19H2,1-3H3,(H,35,44)(H,34,36,37,39,40)/t20-/m1/s1. The number of carbonyl (C=O) groups excluding carboxylic acids is 2. The summed E-state index contributed by atoms with van der Waals surface area (Å²) >= 11 is 6.48. The third kappa shape index (κ3) is 6.86. The SMILES string of the molecule is Cc1nccc(Nc2ncc(Cl)c(-c3ccc4c(c3)C(=O)N([C@H](C)C(=O)NCCc3cccc(N5CCN(C)CC5)n3)C4)n2)n1. The van der Waals surface area contributed by atoms with Crippen molar-refractivity contribution in [2.75, 3.05) is 50.0 Å². The second-order valence-electron chi connectivity index (χ2n) is 11.3. The predicted octanol–water partition coefficient (Wildman–Crippen LogP) is 3.49. The summed E-state index contributed by atoms with van der Waals surface area (Å²) in [6, 6.07) is 12.6. The molecule has 0 unspecified atom stereocenters. The van der Waals surface area contributed by atoms with E-state index in [9.17, 15) is 9.59 Å². The van der Waals surface area contributed by atoms with Crippen molar-refractivity contribution >= 4 is 41.0 Å². The lowest BCUT2D eigenvalue weighted by Crippen LogP contribution is -2.45. The number of halogens is 1. The van der Waals surface area contributed by atoms with Gasteiger partial charge in [-0.1, -0.05) is 29.8 Å². The molecule has 2 aliphatic rings. The molecular weight excluding hydrogens is 592 g/mol. The van der Waals surface area contributed by atoms with Crippen molar-refractivity contribution in [2.45, 2.75) is 32.9 Å². The Hall–Kier alpha value is -4.68. The molecule has 12 nitrogen and oxygen atoms in total. The van der Waals surface area contributed by atoms with E-state index in [2.05, 4.69) is 47.4 Å². The molecule has 0 saturated carbocycles. The Morgan fingerprint density at radius 1 is 1.04 bits per heavy atom. The molecule has 4 aromatic rings. The van der Waals surface area contributed by atoms with Crippen molar-refractivity contribution in [1.29, 1.82) is 0 Å². The van der Waals surface area contributed by atoms with Crippen LogP contribution in [-0.2, 0) is 17.8 Å². The average Bonchev–Trinajstić information content (AvgIpc) is 3.37. The Kier molecular flexibility index (Phi) is 8.85. The number of aryl methyl sites for hydroxylation is 1. The fourth-order valence-corrected chi connectivity index (χ4v) is 5.67. The van der Waals surface area contributed by atoms with Crippen LogP contribution in [0, 0.1) is 6.92 Å². The van der Waals surface area contributed by atoms with Gasteiger partial charge >= 0.3 is 0 Å². The van der Waals surface area contributed by atoms with Gasteiger partial charge in [0.15, 0.2) is 0 Å². The van der Waals surface area contributed by atoms with E-state index in [1.54, 1.807) is 37.1 Å². The second-order valence-corrected chi connectivity index (χ2v) is 11.7. The Morgan fingerprint density at radius 2 is 1.87 bits per heavy atom. The highest BCUT2D eigenvalue weighted by molar-refractivity contribution is 6.33. The van der Waals surface area contributed by atoms with Gasteiger partial charge in [-0.25, -0.2) is 24.9 Å². The Balaban J connectivity index is 1.08. The maximum atomic E-state index is 13.5. The van der Waals surface area contributed by atoms with E-state index in [1.165, 1.54) is 6.20 Å². The first-order valence-electron chi connectivity index (χ1n) is 15.0. The third-order valence-corrected chi connectivity index (χ3v) is 8.40. The van der Waals surface area contributed by atoms with Gasteiger partial charge in [-0.05, 0) is 50.7 Å². The van der Waals surface area contributed by atoms with Crippen LogP contribution in [0.15, 0.2) is 54.9 Å². The molecule has 6 rings (SSSR count). The molecule has 13 heteroatoms. The monoisotopic (exact) mass is 626 g/mol. The van der Waals surface area contributed by atoms with Gasteiger partial charge in [0.05, 0.1) is 16.9 Å². The summed E-state index contributed by atoms with van der Waals surface area (Å²) in [5.41, 5.74) is 3.43. The quantitative estimate of drug-likeness (QED) is 0.284. The molecule has 1 fully saturated rings. The van der Waals surface area contributed by atoms with Crippen LogP contribution in [0.2, 0.25) is 5.02 Å². The normalized spacial score (nSPS) is 15.6. The smallest absolute Gasteiger partial charge is 0.255 e. The van der Waals surface area contributed by atoms with Gasteiger partial charge in [-0.15, -0.1) is 0 Å². The van der Waals surface area contributed by atoms with Crippen LogP contribution in [0.3, 0.4) is 0 Å². The molecular formula is C32H35ClN10O2. The number of benzene rings is 1. The topological polar surface area (TPSA) is 132 Å². The number of aromatic nitrogens is 5. The number of hydrogen-bond donors (Lipinski definition) is 2. The van der Waals surface area contributed by atoms with Crippen LogP contribution in [0.5, 0.6) is 0 Å². The van der Waals surface area contributed by atoms with Gasteiger partial charge in [0, 0.05) is 68.7 Å². The van der Waals surface area contributed by atoms with Crippen LogP contribution in [0.25, 0.3) is 11.3 Å². The number of nitrogens with zero attached hydrogens (tertiary/aromatic N) is 8. The number of fused-ring (bicyclic) bond motifs is 1. The summed E-state index contributed by atoms with van der Waals surface area (Å²) in [6.45, 7) is 8.23. The van der Waals surface area contributed by atoms with E-state index in [4.69, 9.17) is 16.6 Å². The first-order valence-corrected chi connectivity index (χ1v) is 15.3. The molecule has 2 amide bonds. The van der Waals surface area contributed by atoms with Crippen molar-refractivity contribution in [3.05, 3.63) is 82.5 Å². The first-order chi connectivity index (χ1) is 21.7. The number of likely N-dealkylation sites (N-methyl/N-ethyl adjacent to an activating group) is 1. The van der Waals surface area contributed by atoms with Crippen LogP contribution in [0.1, 0.15) is 34.4 Å². The largest absolute Gasteiger partial charge is 0.354 e. The molecule has 3 aromatic heterocycles. The number of hydrogen-bond acceptors (Lipinski definition) is 10. The van der Waals surface area contributed by atoms with Crippen molar-refractivity contribution in [2.24, 2.45) is 0 Å². The van der Waals surface area contributed by atoms with Crippen LogP contribution >= 0.6 is 11.6 Å². The summed E-state index contributed by atoms with van der Waals surface area (Å²) in [5.74, 6) is 2.03. The highest BCUT2D eigenvalue weighted by Gasteiger charge is 2.34. The fourth-order valence-electron chi connectivity index (χ4n) is 5.47. The Bertz CT molecular complexity index is 1730. The molecule has 0 aliphatic carbocycles. The van der Waals surface area contributed by atoms with E-state index in [1.807, 2.05) is 30.3 Å². The summed E-state index contributed by atoms with van der Waals surface area (Å²) in [7, 11) is 2.13. The zero-order valence-electron chi connectivity index (χ0n) is 25.5.